The number of methoxy groups -OCH3 is 1. The zero-order valence-corrected chi connectivity index (χ0v) is 9.93. The van der Waals surface area contributed by atoms with Crippen LogP contribution in [0.25, 0.3) is 11.3 Å². The molecule has 0 fully saturated rings. The number of aromatic carboxylic acids is 1. The van der Waals surface area contributed by atoms with Crippen molar-refractivity contribution >= 4 is 12.0 Å². The number of carboxylic acid groups (broad SMARTS) is 1. The van der Waals surface area contributed by atoms with Crippen LogP contribution < -0.4 is 10.5 Å². The van der Waals surface area contributed by atoms with Gasteiger partial charge in [0.2, 0.25) is 0 Å². The van der Waals surface area contributed by atoms with Crippen molar-refractivity contribution in [3.63, 3.8) is 0 Å². The van der Waals surface area contributed by atoms with Crippen LogP contribution in [0, 0.1) is 6.92 Å². The normalized spacial score (nSPS) is 10.3. The van der Waals surface area contributed by atoms with Crippen LogP contribution in [0.4, 0.5) is 6.01 Å². The Bertz CT molecular complexity index is 604. The second kappa shape index (κ2) is 4.40. The van der Waals surface area contributed by atoms with Crippen LogP contribution in [0.15, 0.2) is 22.6 Å². The van der Waals surface area contributed by atoms with Crippen LogP contribution in [0.5, 0.6) is 5.75 Å². The Hall–Kier alpha value is -2.50. The molecule has 0 aliphatic heterocycles. The lowest BCUT2D eigenvalue weighted by molar-refractivity contribution is 0.0691. The van der Waals surface area contributed by atoms with Gasteiger partial charge in [-0.1, -0.05) is 0 Å². The molecule has 0 atom stereocenters. The Morgan fingerprint density at radius 3 is 2.78 bits per heavy atom. The molecule has 18 heavy (non-hydrogen) atoms. The number of aryl methyl sites for hydroxylation is 1. The van der Waals surface area contributed by atoms with E-state index >= 15 is 0 Å². The van der Waals surface area contributed by atoms with Crippen molar-refractivity contribution in [3.8, 4) is 17.1 Å². The Morgan fingerprint density at radius 1 is 1.50 bits per heavy atom. The van der Waals surface area contributed by atoms with Crippen LogP contribution >= 0.6 is 0 Å². The largest absolute Gasteiger partial charge is 0.496 e. The zero-order chi connectivity index (χ0) is 13.3. The number of nitrogens with two attached hydrogens (primary N) is 1. The number of hydrogen-bond donors (Lipinski definition) is 2. The van der Waals surface area contributed by atoms with E-state index in [0.29, 0.717) is 11.3 Å². The third-order valence-electron chi connectivity index (χ3n) is 2.50. The van der Waals surface area contributed by atoms with E-state index in [4.69, 9.17) is 20.0 Å². The first-order valence-electron chi connectivity index (χ1n) is 5.17. The van der Waals surface area contributed by atoms with Gasteiger partial charge in [-0.15, -0.1) is 0 Å². The molecule has 0 aliphatic rings. The van der Waals surface area contributed by atoms with Gasteiger partial charge >= 0.3 is 5.97 Å². The van der Waals surface area contributed by atoms with E-state index in [2.05, 4.69) is 4.98 Å². The number of hydrogen-bond acceptors (Lipinski definition) is 5. The quantitative estimate of drug-likeness (QED) is 0.861. The summed E-state index contributed by atoms with van der Waals surface area (Å²) in [4.78, 5) is 14.7. The first-order chi connectivity index (χ1) is 8.52. The average molecular weight is 248 g/mol. The van der Waals surface area contributed by atoms with Gasteiger partial charge in [0.15, 0.2) is 11.5 Å². The molecule has 1 aromatic carbocycles. The summed E-state index contributed by atoms with van der Waals surface area (Å²) in [6.45, 7) is 1.85. The molecule has 0 saturated heterocycles. The van der Waals surface area contributed by atoms with Crippen molar-refractivity contribution in [3.05, 3.63) is 29.5 Å². The first-order valence-corrected chi connectivity index (χ1v) is 5.17. The number of nitrogen functional groups attached to an aromatic ring is 1. The number of oxazole rings is 1. The minimum absolute atomic E-state index is 0.144. The maximum atomic E-state index is 11.0. The smallest absolute Gasteiger partial charge is 0.358 e. The molecule has 0 radical (unpaired) electrons. The molecule has 6 nitrogen and oxygen atoms in total. The van der Waals surface area contributed by atoms with E-state index in [0.717, 1.165) is 5.56 Å². The molecule has 94 valence electrons. The number of aromatic nitrogens is 1. The van der Waals surface area contributed by atoms with Gasteiger partial charge in [0.25, 0.3) is 6.01 Å². The molecule has 0 aliphatic carbocycles. The molecule has 0 saturated carbocycles. The predicted molar refractivity (Wildman–Crippen MR) is 64.6 cm³/mol. The molecule has 0 unspecified atom stereocenters. The molecular weight excluding hydrogens is 236 g/mol. The van der Waals surface area contributed by atoms with Crippen LogP contribution in [0.1, 0.15) is 16.1 Å². The molecule has 0 spiro atoms. The third-order valence-corrected chi connectivity index (χ3v) is 2.50. The number of nitrogens with zero attached hydrogens (tertiary/aromatic N) is 1. The predicted octanol–water partition coefficient (Wildman–Crippen LogP) is 1.94. The Labute approximate surface area is 103 Å². The first kappa shape index (κ1) is 12.0. The zero-order valence-electron chi connectivity index (χ0n) is 9.93. The number of carboxylic acids is 1. The molecule has 1 aromatic heterocycles. The summed E-state index contributed by atoms with van der Waals surface area (Å²) >= 11 is 0. The number of carbonyl (C=O) groups is 1. The van der Waals surface area contributed by atoms with Gasteiger partial charge in [-0.25, -0.2) is 4.79 Å². The fourth-order valence-corrected chi connectivity index (χ4v) is 1.70. The summed E-state index contributed by atoms with van der Waals surface area (Å²) in [5.74, 6) is -0.326. The minimum Gasteiger partial charge on any atom is -0.496 e. The minimum atomic E-state index is -1.18. The fourth-order valence-electron chi connectivity index (χ4n) is 1.70. The summed E-state index contributed by atoms with van der Waals surface area (Å²) in [5.41, 5.74) is 6.64. The summed E-state index contributed by atoms with van der Waals surface area (Å²) in [5, 5.41) is 9.01. The maximum Gasteiger partial charge on any atom is 0.358 e. The van der Waals surface area contributed by atoms with E-state index in [-0.39, 0.29) is 17.5 Å². The van der Waals surface area contributed by atoms with Gasteiger partial charge in [0, 0.05) is 5.56 Å². The lowest BCUT2D eigenvalue weighted by atomic mass is 10.1. The molecule has 2 aromatic rings. The topological polar surface area (TPSA) is 98.6 Å². The molecule has 1 heterocycles. The maximum absolute atomic E-state index is 11.0. The number of rotatable bonds is 3. The molecule has 0 bridgehead atoms. The van der Waals surface area contributed by atoms with Crippen LogP contribution in [0.3, 0.4) is 0 Å². The van der Waals surface area contributed by atoms with Crippen LogP contribution in [-0.2, 0) is 0 Å². The average Bonchev–Trinajstić information content (AvgIpc) is 2.71. The van der Waals surface area contributed by atoms with Crippen molar-refractivity contribution in [1.29, 1.82) is 0 Å². The Balaban J connectivity index is 2.55. The standard InChI is InChI=1S/C12H12N2O4/c1-6-5-7(3-4-8(6)17-2)10-9(11(15)16)14-12(13)18-10/h3-5H,1-2H3,(H2,13,14)(H,15,16). The second-order valence-electron chi connectivity index (χ2n) is 3.72. The molecule has 6 heteroatoms. The van der Waals surface area contributed by atoms with Gasteiger partial charge < -0.3 is 20.0 Å². The van der Waals surface area contributed by atoms with Crippen molar-refractivity contribution in [2.45, 2.75) is 6.92 Å². The van der Waals surface area contributed by atoms with Crippen LogP contribution in [0.2, 0.25) is 0 Å². The highest BCUT2D eigenvalue weighted by Crippen LogP contribution is 2.29. The van der Waals surface area contributed by atoms with Crippen molar-refractivity contribution < 1.29 is 19.1 Å². The SMILES string of the molecule is COc1ccc(-c2oc(N)nc2C(=O)O)cc1C. The van der Waals surface area contributed by atoms with E-state index < -0.39 is 5.97 Å². The molecular formula is C12H12N2O4. The van der Waals surface area contributed by atoms with Crippen LogP contribution in [-0.4, -0.2) is 23.2 Å². The Kier molecular flexibility index (Phi) is 2.93. The van der Waals surface area contributed by atoms with Gasteiger partial charge in [-0.2, -0.15) is 4.98 Å². The highest BCUT2D eigenvalue weighted by Gasteiger charge is 2.20. The van der Waals surface area contributed by atoms with Gasteiger partial charge in [0.1, 0.15) is 5.75 Å². The number of ether oxygens (including phenoxy) is 1. The molecule has 2 rings (SSSR count). The van der Waals surface area contributed by atoms with E-state index in [1.807, 2.05) is 6.92 Å². The van der Waals surface area contributed by atoms with Crippen molar-refractivity contribution in [1.82, 2.24) is 4.98 Å². The number of benzene rings is 1. The van der Waals surface area contributed by atoms with Crippen molar-refractivity contribution in [2.75, 3.05) is 12.8 Å². The van der Waals surface area contributed by atoms with Gasteiger partial charge in [-0.3, -0.25) is 0 Å². The Morgan fingerprint density at radius 2 is 2.22 bits per heavy atom. The highest BCUT2D eigenvalue weighted by atomic mass is 16.5. The summed E-state index contributed by atoms with van der Waals surface area (Å²) in [7, 11) is 1.57. The molecule has 0 amide bonds. The van der Waals surface area contributed by atoms with Gasteiger partial charge in [-0.05, 0) is 30.7 Å². The third kappa shape index (κ3) is 2.00. The van der Waals surface area contributed by atoms with E-state index in [9.17, 15) is 4.79 Å². The lowest BCUT2D eigenvalue weighted by Gasteiger charge is -2.05. The highest BCUT2D eigenvalue weighted by molar-refractivity contribution is 5.92. The second-order valence-corrected chi connectivity index (χ2v) is 3.72. The number of anilines is 1. The molecule has 3 N–H and O–H groups in total. The van der Waals surface area contributed by atoms with Crippen molar-refractivity contribution in [2.24, 2.45) is 0 Å². The summed E-state index contributed by atoms with van der Waals surface area (Å²) < 4.78 is 10.3. The monoisotopic (exact) mass is 248 g/mol. The summed E-state index contributed by atoms with van der Waals surface area (Å²) in [6, 6.07) is 5.01. The van der Waals surface area contributed by atoms with E-state index in [1.165, 1.54) is 0 Å². The van der Waals surface area contributed by atoms with Gasteiger partial charge in [0.05, 0.1) is 7.11 Å². The summed E-state index contributed by atoms with van der Waals surface area (Å²) in [6.07, 6.45) is 0. The lowest BCUT2D eigenvalue weighted by Crippen LogP contribution is -1.99. The fraction of sp³-hybridized carbons (Fsp3) is 0.167. The van der Waals surface area contributed by atoms with E-state index in [1.54, 1.807) is 25.3 Å².